The zero-order valence-electron chi connectivity index (χ0n) is 20.6. The largest absolute Gasteiger partial charge is 0.495 e. The molecule has 1 aliphatic rings. The molecule has 1 fully saturated rings. The number of sulfonamides is 1. The Morgan fingerprint density at radius 1 is 1.06 bits per heavy atom. The van der Waals surface area contributed by atoms with E-state index in [9.17, 15) is 18.0 Å². The van der Waals surface area contributed by atoms with Crippen molar-refractivity contribution >= 4 is 27.5 Å². The number of amides is 2. The van der Waals surface area contributed by atoms with Crippen LogP contribution in [0.25, 0.3) is 0 Å². The normalized spacial score (nSPS) is 14.8. The van der Waals surface area contributed by atoms with E-state index in [2.05, 4.69) is 5.32 Å². The fourth-order valence-electron chi connectivity index (χ4n) is 4.39. The summed E-state index contributed by atoms with van der Waals surface area (Å²) in [5.41, 5.74) is 1.30. The monoisotopic (exact) mass is 501 g/mol. The first kappa shape index (κ1) is 26.5. The summed E-state index contributed by atoms with van der Waals surface area (Å²) in [6.07, 6.45) is 5.63. The van der Waals surface area contributed by atoms with Gasteiger partial charge in [0.15, 0.2) is 0 Å². The summed E-state index contributed by atoms with van der Waals surface area (Å²) in [4.78, 5) is 28.1. The van der Waals surface area contributed by atoms with Crippen molar-refractivity contribution in [3.8, 4) is 5.75 Å². The number of para-hydroxylation sites is 2. The van der Waals surface area contributed by atoms with E-state index in [0.717, 1.165) is 41.8 Å². The SMILES string of the molecule is COc1ccccc1N(CC(=O)N(CCc1ccccc1)[C@@H](C)C(=O)NC1CCCC1)S(C)(=O)=O. The minimum absolute atomic E-state index is 0.122. The predicted octanol–water partition coefficient (Wildman–Crippen LogP) is 2.98. The van der Waals surface area contributed by atoms with Gasteiger partial charge in [0.05, 0.1) is 19.1 Å². The van der Waals surface area contributed by atoms with Crippen molar-refractivity contribution in [2.75, 3.05) is 30.8 Å². The van der Waals surface area contributed by atoms with Crippen molar-refractivity contribution in [2.24, 2.45) is 0 Å². The third kappa shape index (κ3) is 7.21. The zero-order valence-corrected chi connectivity index (χ0v) is 21.5. The summed E-state index contributed by atoms with van der Waals surface area (Å²) in [5.74, 6) is -0.332. The fourth-order valence-corrected chi connectivity index (χ4v) is 5.25. The Bertz CT molecular complexity index is 1100. The number of hydrogen-bond acceptors (Lipinski definition) is 5. The number of nitrogens with one attached hydrogen (secondary N) is 1. The Kier molecular flexibility index (Phi) is 9.14. The van der Waals surface area contributed by atoms with E-state index in [1.807, 2.05) is 30.3 Å². The van der Waals surface area contributed by atoms with Gasteiger partial charge in [-0.25, -0.2) is 8.42 Å². The van der Waals surface area contributed by atoms with Gasteiger partial charge in [0.2, 0.25) is 21.8 Å². The molecule has 2 aromatic carbocycles. The molecule has 9 heteroatoms. The number of anilines is 1. The van der Waals surface area contributed by atoms with Crippen molar-refractivity contribution in [1.82, 2.24) is 10.2 Å². The van der Waals surface area contributed by atoms with Gasteiger partial charge in [-0.1, -0.05) is 55.3 Å². The third-order valence-corrected chi connectivity index (χ3v) is 7.51. The number of ether oxygens (including phenoxy) is 1. The quantitative estimate of drug-likeness (QED) is 0.511. The Morgan fingerprint density at radius 3 is 2.31 bits per heavy atom. The van der Waals surface area contributed by atoms with Gasteiger partial charge >= 0.3 is 0 Å². The molecule has 1 aliphatic carbocycles. The van der Waals surface area contributed by atoms with Crippen molar-refractivity contribution in [2.45, 2.75) is 51.1 Å². The number of carbonyl (C=O) groups is 2. The summed E-state index contributed by atoms with van der Waals surface area (Å²) in [5, 5.41) is 3.06. The molecule has 0 radical (unpaired) electrons. The Morgan fingerprint density at radius 2 is 1.69 bits per heavy atom. The molecule has 0 heterocycles. The van der Waals surface area contributed by atoms with Crippen LogP contribution in [-0.4, -0.2) is 63.7 Å². The molecule has 3 rings (SSSR count). The van der Waals surface area contributed by atoms with Gasteiger partial charge in [-0.3, -0.25) is 13.9 Å². The lowest BCUT2D eigenvalue weighted by molar-refractivity contribution is -0.139. The topological polar surface area (TPSA) is 96.0 Å². The summed E-state index contributed by atoms with van der Waals surface area (Å²) in [7, 11) is -2.36. The van der Waals surface area contributed by atoms with Crippen LogP contribution in [0.15, 0.2) is 54.6 Å². The van der Waals surface area contributed by atoms with Crippen LogP contribution in [0.5, 0.6) is 5.75 Å². The molecular weight excluding hydrogens is 466 g/mol. The lowest BCUT2D eigenvalue weighted by atomic mass is 10.1. The molecule has 0 saturated heterocycles. The second kappa shape index (κ2) is 12.1. The van der Waals surface area contributed by atoms with Crippen LogP contribution in [0.1, 0.15) is 38.2 Å². The lowest BCUT2D eigenvalue weighted by Crippen LogP contribution is -2.53. The minimum Gasteiger partial charge on any atom is -0.495 e. The van der Waals surface area contributed by atoms with Gasteiger partial charge in [-0.2, -0.15) is 0 Å². The highest BCUT2D eigenvalue weighted by atomic mass is 32.2. The van der Waals surface area contributed by atoms with E-state index < -0.39 is 28.5 Å². The van der Waals surface area contributed by atoms with E-state index in [1.165, 1.54) is 12.0 Å². The average Bonchev–Trinajstić information content (AvgIpc) is 3.35. The molecule has 8 nitrogen and oxygen atoms in total. The number of benzene rings is 2. The van der Waals surface area contributed by atoms with E-state index in [-0.39, 0.29) is 24.2 Å². The van der Waals surface area contributed by atoms with Crippen LogP contribution >= 0.6 is 0 Å². The molecule has 2 amide bonds. The van der Waals surface area contributed by atoms with E-state index in [0.29, 0.717) is 12.2 Å². The first-order chi connectivity index (χ1) is 16.7. The molecule has 0 spiro atoms. The average molecular weight is 502 g/mol. The molecule has 2 aromatic rings. The van der Waals surface area contributed by atoms with Gasteiger partial charge in [0.1, 0.15) is 18.3 Å². The Hall–Kier alpha value is -3.07. The number of rotatable bonds is 11. The molecular formula is C26H35N3O5S. The maximum atomic E-state index is 13.6. The van der Waals surface area contributed by atoms with Crippen molar-refractivity contribution in [3.63, 3.8) is 0 Å². The molecule has 35 heavy (non-hydrogen) atoms. The Labute approximate surface area is 208 Å². The van der Waals surface area contributed by atoms with Crippen LogP contribution in [-0.2, 0) is 26.0 Å². The summed E-state index contributed by atoms with van der Waals surface area (Å²) in [6, 6.07) is 15.7. The number of hydrogen-bond donors (Lipinski definition) is 1. The molecule has 190 valence electrons. The zero-order chi connectivity index (χ0) is 25.4. The van der Waals surface area contributed by atoms with Crippen LogP contribution in [0.3, 0.4) is 0 Å². The van der Waals surface area contributed by atoms with Crippen molar-refractivity contribution in [1.29, 1.82) is 0 Å². The number of methoxy groups -OCH3 is 1. The van der Waals surface area contributed by atoms with Crippen LogP contribution < -0.4 is 14.4 Å². The van der Waals surface area contributed by atoms with Crippen molar-refractivity contribution < 1.29 is 22.7 Å². The van der Waals surface area contributed by atoms with Gasteiger partial charge < -0.3 is 15.0 Å². The van der Waals surface area contributed by atoms with E-state index in [1.54, 1.807) is 31.2 Å². The van der Waals surface area contributed by atoms with Gasteiger partial charge in [0.25, 0.3) is 0 Å². The van der Waals surface area contributed by atoms with Crippen LogP contribution in [0, 0.1) is 0 Å². The number of carbonyl (C=O) groups excluding carboxylic acids is 2. The van der Waals surface area contributed by atoms with E-state index >= 15 is 0 Å². The second-order valence-corrected chi connectivity index (χ2v) is 10.8. The lowest BCUT2D eigenvalue weighted by Gasteiger charge is -2.32. The molecule has 0 bridgehead atoms. The molecule has 1 atom stereocenters. The summed E-state index contributed by atoms with van der Waals surface area (Å²) in [6.45, 7) is 1.54. The highest BCUT2D eigenvalue weighted by Gasteiger charge is 2.31. The van der Waals surface area contributed by atoms with E-state index in [4.69, 9.17) is 4.74 Å². The summed E-state index contributed by atoms with van der Waals surface area (Å²) < 4.78 is 31.8. The van der Waals surface area contributed by atoms with Crippen LogP contribution in [0.4, 0.5) is 5.69 Å². The third-order valence-electron chi connectivity index (χ3n) is 6.39. The first-order valence-electron chi connectivity index (χ1n) is 11.9. The van der Waals surface area contributed by atoms with Gasteiger partial charge in [-0.15, -0.1) is 0 Å². The van der Waals surface area contributed by atoms with Crippen LogP contribution in [0.2, 0.25) is 0 Å². The van der Waals surface area contributed by atoms with Crippen molar-refractivity contribution in [3.05, 3.63) is 60.2 Å². The maximum Gasteiger partial charge on any atom is 0.244 e. The molecule has 0 unspecified atom stereocenters. The fraction of sp³-hybridized carbons (Fsp3) is 0.462. The molecule has 0 aromatic heterocycles. The standard InChI is InChI=1S/C26H35N3O5S/c1-20(26(31)27-22-13-7-8-14-22)28(18-17-21-11-5-4-6-12-21)25(30)19-29(35(3,32)33)23-15-9-10-16-24(23)34-2/h4-6,9-12,15-16,20,22H,7-8,13-14,17-19H2,1-3H3,(H,27,31)/t20-/m0/s1. The second-order valence-electron chi connectivity index (χ2n) is 8.93. The Balaban J connectivity index is 1.84. The first-order valence-corrected chi connectivity index (χ1v) is 13.8. The highest BCUT2D eigenvalue weighted by molar-refractivity contribution is 7.92. The minimum atomic E-state index is -3.81. The molecule has 0 aliphatic heterocycles. The highest BCUT2D eigenvalue weighted by Crippen LogP contribution is 2.29. The number of nitrogens with zero attached hydrogens (tertiary/aromatic N) is 2. The summed E-state index contributed by atoms with van der Waals surface area (Å²) >= 11 is 0. The molecule has 1 saturated carbocycles. The maximum absolute atomic E-state index is 13.6. The molecule has 1 N–H and O–H groups in total. The smallest absolute Gasteiger partial charge is 0.244 e. The predicted molar refractivity (Wildman–Crippen MR) is 137 cm³/mol. The van der Waals surface area contributed by atoms with Gasteiger partial charge in [-0.05, 0) is 43.9 Å². The van der Waals surface area contributed by atoms with Gasteiger partial charge in [0, 0.05) is 12.6 Å².